The second-order valence-electron chi connectivity index (χ2n) is 3.68. The Hall–Kier alpha value is -2.14. The van der Waals surface area contributed by atoms with E-state index in [2.05, 4.69) is 4.98 Å². The first-order valence-corrected chi connectivity index (χ1v) is 5.45. The van der Waals surface area contributed by atoms with Gasteiger partial charge in [-0.05, 0) is 29.8 Å². The summed E-state index contributed by atoms with van der Waals surface area (Å²) in [5.74, 6) is -0.524. The molecule has 0 aliphatic carbocycles. The van der Waals surface area contributed by atoms with Gasteiger partial charge in [-0.2, -0.15) is 4.39 Å². The molecule has 1 aromatic carbocycles. The third kappa shape index (κ3) is 1.69. The SMILES string of the molecule is O=C(Cl)c1cc2c(-n3cnc(F)c3)cccc2o1. The molecule has 0 aliphatic rings. The second kappa shape index (κ2) is 3.96. The van der Waals surface area contributed by atoms with Gasteiger partial charge in [-0.3, -0.25) is 4.79 Å². The fraction of sp³-hybridized carbons (Fsp3) is 0. The zero-order valence-electron chi connectivity index (χ0n) is 8.93. The minimum atomic E-state index is -0.672. The van der Waals surface area contributed by atoms with E-state index in [1.54, 1.807) is 18.2 Å². The number of hydrogen-bond acceptors (Lipinski definition) is 3. The summed E-state index contributed by atoms with van der Waals surface area (Å²) in [5, 5.41) is -0.00661. The lowest BCUT2D eigenvalue weighted by Gasteiger charge is -2.01. The van der Waals surface area contributed by atoms with Gasteiger partial charge >= 0.3 is 0 Å². The molecular weight excluding hydrogens is 259 g/mol. The molecule has 0 unspecified atom stereocenters. The van der Waals surface area contributed by atoms with E-state index in [-0.39, 0.29) is 5.76 Å². The lowest BCUT2D eigenvalue weighted by atomic mass is 10.2. The Labute approximate surface area is 106 Å². The van der Waals surface area contributed by atoms with Gasteiger partial charge in [0, 0.05) is 5.39 Å². The van der Waals surface area contributed by atoms with Gasteiger partial charge in [-0.1, -0.05) is 6.07 Å². The largest absolute Gasteiger partial charge is 0.452 e. The van der Waals surface area contributed by atoms with Crippen molar-refractivity contribution in [3.05, 3.63) is 48.5 Å². The summed E-state index contributed by atoms with van der Waals surface area (Å²) in [6.07, 6.45) is 2.59. The summed E-state index contributed by atoms with van der Waals surface area (Å²) in [6, 6.07) is 6.73. The van der Waals surface area contributed by atoms with Crippen LogP contribution in [0.4, 0.5) is 4.39 Å². The summed E-state index contributed by atoms with van der Waals surface area (Å²) in [4.78, 5) is 14.6. The summed E-state index contributed by atoms with van der Waals surface area (Å²) in [5.41, 5.74) is 1.17. The Morgan fingerprint density at radius 2 is 2.28 bits per heavy atom. The van der Waals surface area contributed by atoms with E-state index >= 15 is 0 Å². The molecule has 0 bridgehead atoms. The standard InChI is InChI=1S/C12H6ClFN2O2/c13-12(17)10-4-7-8(2-1-3-9(7)18-10)16-5-11(14)15-6-16/h1-6H. The van der Waals surface area contributed by atoms with Gasteiger partial charge in [-0.25, -0.2) is 4.98 Å². The van der Waals surface area contributed by atoms with Gasteiger partial charge in [0.05, 0.1) is 11.9 Å². The van der Waals surface area contributed by atoms with Gasteiger partial charge in [0.2, 0.25) is 5.95 Å². The maximum absolute atomic E-state index is 12.9. The van der Waals surface area contributed by atoms with E-state index < -0.39 is 11.2 Å². The molecule has 0 saturated heterocycles. The van der Waals surface area contributed by atoms with Crippen LogP contribution in [-0.2, 0) is 0 Å². The third-order valence-corrected chi connectivity index (χ3v) is 2.75. The molecule has 0 atom stereocenters. The normalized spacial score (nSPS) is 11.0. The van der Waals surface area contributed by atoms with Crippen LogP contribution in [0.15, 0.2) is 41.2 Å². The van der Waals surface area contributed by atoms with Gasteiger partial charge in [0.15, 0.2) is 5.76 Å². The molecule has 0 aliphatic heterocycles. The fourth-order valence-electron chi connectivity index (χ4n) is 1.80. The lowest BCUT2D eigenvalue weighted by molar-refractivity contribution is 0.105. The Kier molecular flexibility index (Phi) is 2.41. The predicted octanol–water partition coefficient (Wildman–Crippen LogP) is 3.14. The number of fused-ring (bicyclic) bond motifs is 1. The van der Waals surface area contributed by atoms with Crippen LogP contribution >= 0.6 is 11.6 Å². The molecule has 6 heteroatoms. The lowest BCUT2D eigenvalue weighted by Crippen LogP contribution is -1.89. The number of carbonyl (C=O) groups excluding carboxylic acids is 1. The Bertz CT molecular complexity index is 747. The topological polar surface area (TPSA) is 48.0 Å². The van der Waals surface area contributed by atoms with Gasteiger partial charge in [0.1, 0.15) is 11.9 Å². The average Bonchev–Trinajstić information content (AvgIpc) is 2.94. The smallest absolute Gasteiger partial charge is 0.287 e. The molecule has 2 heterocycles. The number of hydrogen-bond donors (Lipinski definition) is 0. The number of furan rings is 1. The summed E-state index contributed by atoms with van der Waals surface area (Å²) >= 11 is 5.37. The molecule has 0 saturated carbocycles. The van der Waals surface area contributed by atoms with Crippen LogP contribution in [0.3, 0.4) is 0 Å². The van der Waals surface area contributed by atoms with Gasteiger partial charge < -0.3 is 8.98 Å². The number of carbonyl (C=O) groups is 1. The highest BCUT2D eigenvalue weighted by Gasteiger charge is 2.13. The molecule has 0 fully saturated rings. The molecule has 0 N–H and O–H groups in total. The van der Waals surface area contributed by atoms with Crippen LogP contribution in [-0.4, -0.2) is 14.8 Å². The second-order valence-corrected chi connectivity index (χ2v) is 4.02. The van der Waals surface area contributed by atoms with E-state index in [0.717, 1.165) is 0 Å². The van der Waals surface area contributed by atoms with Gasteiger partial charge in [0.25, 0.3) is 5.24 Å². The van der Waals surface area contributed by atoms with E-state index in [0.29, 0.717) is 16.7 Å². The predicted molar refractivity (Wildman–Crippen MR) is 63.5 cm³/mol. The van der Waals surface area contributed by atoms with Crippen molar-refractivity contribution < 1.29 is 13.6 Å². The van der Waals surface area contributed by atoms with Crippen molar-refractivity contribution in [2.45, 2.75) is 0 Å². The first kappa shape index (κ1) is 11.0. The highest BCUT2D eigenvalue weighted by Crippen LogP contribution is 2.26. The maximum atomic E-state index is 12.9. The monoisotopic (exact) mass is 264 g/mol. The number of aromatic nitrogens is 2. The molecule has 0 amide bonds. The van der Waals surface area contributed by atoms with Crippen LogP contribution in [0, 0.1) is 5.95 Å². The zero-order chi connectivity index (χ0) is 12.7. The van der Waals surface area contributed by atoms with E-state index in [9.17, 15) is 9.18 Å². The fourth-order valence-corrected chi connectivity index (χ4v) is 1.89. The van der Waals surface area contributed by atoms with Crippen molar-refractivity contribution in [3.63, 3.8) is 0 Å². The van der Waals surface area contributed by atoms with Crippen molar-refractivity contribution in [3.8, 4) is 5.69 Å². The number of imidazole rings is 1. The minimum absolute atomic E-state index is 0.0553. The van der Waals surface area contributed by atoms with Crippen LogP contribution in [0.25, 0.3) is 16.7 Å². The first-order chi connectivity index (χ1) is 8.65. The summed E-state index contributed by atoms with van der Waals surface area (Å²) < 4.78 is 19.7. The molecular formula is C12H6ClFN2O2. The van der Waals surface area contributed by atoms with Crippen LogP contribution in [0.2, 0.25) is 0 Å². The maximum Gasteiger partial charge on any atom is 0.287 e. The van der Waals surface area contributed by atoms with Crippen molar-refractivity contribution in [2.75, 3.05) is 0 Å². The molecule has 2 aromatic heterocycles. The Morgan fingerprint density at radius 1 is 1.44 bits per heavy atom. The first-order valence-electron chi connectivity index (χ1n) is 5.07. The van der Waals surface area contributed by atoms with E-state index in [1.807, 2.05) is 0 Å². The molecule has 3 rings (SSSR count). The quantitative estimate of drug-likeness (QED) is 0.668. The van der Waals surface area contributed by atoms with Gasteiger partial charge in [-0.15, -0.1) is 0 Å². The Morgan fingerprint density at radius 3 is 2.94 bits per heavy atom. The highest BCUT2D eigenvalue weighted by molar-refractivity contribution is 6.67. The van der Waals surface area contributed by atoms with Crippen LogP contribution in [0.5, 0.6) is 0 Å². The zero-order valence-corrected chi connectivity index (χ0v) is 9.69. The van der Waals surface area contributed by atoms with Crippen LogP contribution in [0.1, 0.15) is 10.6 Å². The molecule has 90 valence electrons. The molecule has 4 nitrogen and oxygen atoms in total. The van der Waals surface area contributed by atoms with Crippen molar-refractivity contribution in [2.24, 2.45) is 0 Å². The highest BCUT2D eigenvalue weighted by atomic mass is 35.5. The molecule has 3 aromatic rings. The Balaban J connectivity index is 2.26. The van der Waals surface area contributed by atoms with Crippen molar-refractivity contribution in [1.29, 1.82) is 0 Å². The molecule has 0 spiro atoms. The number of nitrogens with zero attached hydrogens (tertiary/aromatic N) is 2. The summed E-state index contributed by atoms with van der Waals surface area (Å²) in [6.45, 7) is 0. The number of halogens is 2. The third-order valence-electron chi connectivity index (χ3n) is 2.56. The average molecular weight is 265 g/mol. The van der Waals surface area contributed by atoms with Crippen molar-refractivity contribution >= 4 is 27.8 Å². The van der Waals surface area contributed by atoms with Crippen LogP contribution < -0.4 is 0 Å². The van der Waals surface area contributed by atoms with E-state index in [4.69, 9.17) is 16.0 Å². The minimum Gasteiger partial charge on any atom is -0.452 e. The van der Waals surface area contributed by atoms with E-state index in [1.165, 1.54) is 23.2 Å². The van der Waals surface area contributed by atoms with Crippen molar-refractivity contribution in [1.82, 2.24) is 9.55 Å². The number of benzene rings is 1. The molecule has 18 heavy (non-hydrogen) atoms. The molecule has 0 radical (unpaired) electrons. The summed E-state index contributed by atoms with van der Waals surface area (Å²) in [7, 11) is 0. The number of rotatable bonds is 2.